The van der Waals surface area contributed by atoms with Crippen molar-refractivity contribution < 1.29 is 9.79 Å². The van der Waals surface area contributed by atoms with Crippen LogP contribution in [-0.4, -0.2) is 22.8 Å². The van der Waals surface area contributed by atoms with Gasteiger partial charge >= 0.3 is 0 Å². The molecule has 1 heterocycles. The van der Waals surface area contributed by atoms with Crippen LogP contribution >= 0.6 is 11.6 Å². The molecule has 19 heavy (non-hydrogen) atoms. The Kier molecular flexibility index (Phi) is 2.46. The van der Waals surface area contributed by atoms with Gasteiger partial charge in [0, 0.05) is 11.8 Å². The van der Waals surface area contributed by atoms with Gasteiger partial charge in [-0.25, -0.2) is 0 Å². The Bertz CT molecular complexity index is 596. The molecule has 98 valence electrons. The third-order valence-corrected chi connectivity index (χ3v) is 5.20. The summed E-state index contributed by atoms with van der Waals surface area (Å²) < 4.78 is 1.89. The number of nitrogens with zero attached hydrogens (tertiary/aromatic N) is 2. The average molecular weight is 275 g/mol. The van der Waals surface area contributed by atoms with Crippen LogP contribution in [0.2, 0.25) is 5.02 Å². The molecule has 2 fully saturated rings. The van der Waals surface area contributed by atoms with E-state index in [1.807, 2.05) is 35.2 Å². The SMILES string of the molecule is [O-]C1=N/[N+](=C/c2ccccc2Cl)C2C3CCC(C3)C12. The zero-order chi connectivity index (χ0) is 13.0. The zero-order valence-electron chi connectivity index (χ0n) is 10.5. The van der Waals surface area contributed by atoms with Gasteiger partial charge in [-0.2, -0.15) is 0 Å². The van der Waals surface area contributed by atoms with Crippen molar-refractivity contribution in [2.24, 2.45) is 22.9 Å². The van der Waals surface area contributed by atoms with Gasteiger partial charge in [-0.05, 0) is 42.4 Å². The van der Waals surface area contributed by atoms with Crippen molar-refractivity contribution in [3.05, 3.63) is 34.9 Å². The van der Waals surface area contributed by atoms with Crippen molar-refractivity contribution >= 4 is 23.7 Å². The number of hydrogen-bond acceptors (Lipinski definition) is 2. The molecule has 3 nitrogen and oxygen atoms in total. The fraction of sp³-hybridized carbons (Fsp3) is 0.467. The van der Waals surface area contributed by atoms with Gasteiger partial charge in [0.05, 0.1) is 16.5 Å². The van der Waals surface area contributed by atoms with E-state index in [0.717, 1.165) is 5.56 Å². The molecule has 4 heteroatoms. The number of halogens is 1. The van der Waals surface area contributed by atoms with Gasteiger partial charge in [0.15, 0.2) is 6.04 Å². The van der Waals surface area contributed by atoms with Crippen molar-refractivity contribution in [1.29, 1.82) is 0 Å². The molecule has 0 spiro atoms. The molecule has 1 aliphatic heterocycles. The maximum atomic E-state index is 12.1. The van der Waals surface area contributed by atoms with Crippen LogP contribution in [0.1, 0.15) is 24.8 Å². The van der Waals surface area contributed by atoms with Crippen LogP contribution < -0.4 is 5.11 Å². The Labute approximate surface area is 117 Å². The fourth-order valence-corrected chi connectivity index (χ4v) is 4.26. The summed E-state index contributed by atoms with van der Waals surface area (Å²) in [5.41, 5.74) is 0.934. The van der Waals surface area contributed by atoms with Crippen LogP contribution in [0.5, 0.6) is 0 Å². The molecule has 3 aliphatic rings. The van der Waals surface area contributed by atoms with Crippen LogP contribution in [-0.2, 0) is 0 Å². The van der Waals surface area contributed by atoms with Crippen LogP contribution in [0.15, 0.2) is 29.4 Å². The summed E-state index contributed by atoms with van der Waals surface area (Å²) in [5.74, 6) is 1.40. The van der Waals surface area contributed by atoms with E-state index in [2.05, 4.69) is 5.10 Å². The fourth-order valence-electron chi connectivity index (χ4n) is 4.07. The molecule has 0 radical (unpaired) electrons. The molecule has 0 amide bonds. The highest BCUT2D eigenvalue weighted by Crippen LogP contribution is 2.51. The van der Waals surface area contributed by atoms with Gasteiger partial charge in [-0.3, -0.25) is 0 Å². The predicted octanol–water partition coefficient (Wildman–Crippen LogP) is 1.87. The van der Waals surface area contributed by atoms with Crippen LogP contribution in [0.25, 0.3) is 0 Å². The highest BCUT2D eigenvalue weighted by Gasteiger charge is 2.57. The van der Waals surface area contributed by atoms with Gasteiger partial charge in [0.1, 0.15) is 0 Å². The number of rotatable bonds is 1. The molecule has 4 rings (SSSR count). The minimum absolute atomic E-state index is 0.0699. The maximum absolute atomic E-state index is 12.1. The minimum atomic E-state index is 0.0699. The normalized spacial score (nSPS) is 37.7. The van der Waals surface area contributed by atoms with Crippen LogP contribution in [0.3, 0.4) is 0 Å². The van der Waals surface area contributed by atoms with E-state index in [1.165, 1.54) is 19.3 Å². The molecule has 0 saturated heterocycles. The Morgan fingerprint density at radius 3 is 2.89 bits per heavy atom. The number of hydrogen-bond donors (Lipinski definition) is 0. The van der Waals surface area contributed by atoms with Crippen molar-refractivity contribution in [3.63, 3.8) is 0 Å². The molecule has 0 N–H and O–H groups in total. The van der Waals surface area contributed by atoms with Crippen LogP contribution in [0, 0.1) is 17.8 Å². The first-order valence-corrected chi connectivity index (χ1v) is 7.25. The first-order chi connectivity index (χ1) is 9.24. The first kappa shape index (κ1) is 11.5. The molecule has 4 atom stereocenters. The summed E-state index contributed by atoms with van der Waals surface area (Å²) in [6, 6.07) is 7.97. The number of fused-ring (bicyclic) bond motifs is 5. The lowest BCUT2D eigenvalue weighted by molar-refractivity contribution is -0.569. The quantitative estimate of drug-likeness (QED) is 0.721. The lowest BCUT2D eigenvalue weighted by Crippen LogP contribution is -2.37. The smallest absolute Gasteiger partial charge is 0.205 e. The standard InChI is InChI=1S/C15H15ClN2O/c16-12-4-2-1-3-11(12)8-18-14-10-6-5-9(7-10)13(14)15(19)17-18/h1-4,8-10,13-14H,5-7H2/b18-8+. The van der Waals surface area contributed by atoms with E-state index in [9.17, 15) is 5.11 Å². The maximum Gasteiger partial charge on any atom is 0.205 e. The summed E-state index contributed by atoms with van der Waals surface area (Å²) in [5, 5.41) is 17.0. The molecule has 2 aliphatic carbocycles. The van der Waals surface area contributed by atoms with Gasteiger partial charge < -0.3 is 5.11 Å². The van der Waals surface area contributed by atoms with E-state index >= 15 is 0 Å². The van der Waals surface area contributed by atoms with Crippen molar-refractivity contribution in [1.82, 2.24) is 0 Å². The summed E-state index contributed by atoms with van der Waals surface area (Å²) >= 11 is 6.18. The minimum Gasteiger partial charge on any atom is -0.857 e. The average Bonchev–Trinajstić information content (AvgIpc) is 3.07. The highest BCUT2D eigenvalue weighted by atomic mass is 35.5. The molecule has 1 aromatic rings. The summed E-state index contributed by atoms with van der Waals surface area (Å²) in [7, 11) is 0. The molecule has 2 bridgehead atoms. The molecule has 1 aromatic carbocycles. The van der Waals surface area contributed by atoms with Gasteiger partial charge in [-0.1, -0.05) is 28.4 Å². The largest absolute Gasteiger partial charge is 0.857 e. The van der Waals surface area contributed by atoms with E-state index in [1.54, 1.807) is 0 Å². The Hall–Kier alpha value is -1.35. The van der Waals surface area contributed by atoms with Gasteiger partial charge in [0.25, 0.3) is 0 Å². The molecular weight excluding hydrogens is 260 g/mol. The Morgan fingerprint density at radius 1 is 1.26 bits per heavy atom. The third kappa shape index (κ3) is 1.64. The summed E-state index contributed by atoms with van der Waals surface area (Å²) in [6.07, 6.45) is 5.57. The second-order valence-corrected chi connectivity index (χ2v) is 6.23. The molecule has 2 saturated carbocycles. The zero-order valence-corrected chi connectivity index (χ0v) is 11.3. The van der Waals surface area contributed by atoms with Crippen molar-refractivity contribution in [2.75, 3.05) is 0 Å². The second kappa shape index (κ2) is 4.07. The van der Waals surface area contributed by atoms with E-state index in [-0.39, 0.29) is 17.9 Å². The summed E-state index contributed by atoms with van der Waals surface area (Å²) in [6.45, 7) is 0. The lowest BCUT2D eigenvalue weighted by Gasteiger charge is -2.22. The lowest BCUT2D eigenvalue weighted by atomic mass is 9.85. The first-order valence-electron chi connectivity index (χ1n) is 6.87. The molecule has 4 unspecified atom stereocenters. The van der Waals surface area contributed by atoms with Gasteiger partial charge in [-0.15, -0.1) is 0 Å². The Morgan fingerprint density at radius 2 is 2.05 bits per heavy atom. The Balaban J connectivity index is 1.75. The number of benzene rings is 1. The third-order valence-electron chi connectivity index (χ3n) is 4.85. The number of hydrazone groups is 1. The van der Waals surface area contributed by atoms with E-state index in [4.69, 9.17) is 11.6 Å². The van der Waals surface area contributed by atoms with Crippen LogP contribution in [0.4, 0.5) is 0 Å². The monoisotopic (exact) mass is 274 g/mol. The van der Waals surface area contributed by atoms with Crippen molar-refractivity contribution in [3.8, 4) is 0 Å². The van der Waals surface area contributed by atoms with E-state index in [0.29, 0.717) is 16.9 Å². The van der Waals surface area contributed by atoms with Crippen molar-refractivity contribution in [2.45, 2.75) is 25.3 Å². The second-order valence-electron chi connectivity index (χ2n) is 5.82. The predicted molar refractivity (Wildman–Crippen MR) is 72.4 cm³/mol. The van der Waals surface area contributed by atoms with Gasteiger partial charge in [0.2, 0.25) is 6.21 Å². The molecular formula is C15H15ClN2O. The highest BCUT2D eigenvalue weighted by molar-refractivity contribution is 6.32. The topological polar surface area (TPSA) is 38.4 Å². The molecule has 0 aromatic heterocycles. The summed E-state index contributed by atoms with van der Waals surface area (Å²) in [4.78, 5) is 0. The van der Waals surface area contributed by atoms with E-state index < -0.39 is 0 Å².